The van der Waals surface area contributed by atoms with Crippen LogP contribution in [0.2, 0.25) is 0 Å². The molecule has 2 aliphatic heterocycles. The van der Waals surface area contributed by atoms with Crippen LogP contribution < -0.4 is 5.32 Å². The first kappa shape index (κ1) is 16.6. The summed E-state index contributed by atoms with van der Waals surface area (Å²) in [5.74, 6) is 3.18. The summed E-state index contributed by atoms with van der Waals surface area (Å²) in [4.78, 5) is 0. The third-order valence-corrected chi connectivity index (χ3v) is 5.69. The highest BCUT2D eigenvalue weighted by molar-refractivity contribution is 7.99. The summed E-state index contributed by atoms with van der Waals surface area (Å²) in [5, 5.41) is 3.72. The van der Waals surface area contributed by atoms with E-state index in [0.29, 0.717) is 12.0 Å². The van der Waals surface area contributed by atoms with Crippen LogP contribution in [0, 0.1) is 5.92 Å². The first-order valence-corrected chi connectivity index (χ1v) is 9.48. The van der Waals surface area contributed by atoms with Crippen molar-refractivity contribution in [2.75, 3.05) is 37.9 Å². The van der Waals surface area contributed by atoms with Crippen molar-refractivity contribution < 1.29 is 9.47 Å². The minimum atomic E-state index is 0.185. The van der Waals surface area contributed by atoms with E-state index in [0.717, 1.165) is 32.8 Å². The highest BCUT2D eigenvalue weighted by Gasteiger charge is 2.42. The second kappa shape index (κ2) is 8.62. The fraction of sp³-hybridized carbons (Fsp3) is 1.00. The SMILES string of the molecule is CCCNC(COCCC)C1CCOC2(CCSC2)C1. The molecule has 2 rings (SSSR count). The number of hydrogen-bond acceptors (Lipinski definition) is 4. The van der Waals surface area contributed by atoms with E-state index < -0.39 is 0 Å². The fourth-order valence-electron chi connectivity index (χ4n) is 3.32. The smallest absolute Gasteiger partial charge is 0.0783 e. The summed E-state index contributed by atoms with van der Waals surface area (Å²) in [5.41, 5.74) is 0.185. The average Bonchev–Trinajstić information content (AvgIpc) is 2.90. The molecule has 2 saturated heterocycles. The van der Waals surface area contributed by atoms with Gasteiger partial charge in [0.15, 0.2) is 0 Å². The molecular formula is C16H31NO2S. The van der Waals surface area contributed by atoms with E-state index in [9.17, 15) is 0 Å². The highest BCUT2D eigenvalue weighted by Crippen LogP contribution is 2.41. The summed E-state index contributed by atoms with van der Waals surface area (Å²) in [6.45, 7) is 8.18. The van der Waals surface area contributed by atoms with Gasteiger partial charge in [-0.3, -0.25) is 0 Å². The predicted molar refractivity (Wildman–Crippen MR) is 86.5 cm³/mol. The molecule has 0 amide bonds. The largest absolute Gasteiger partial charge is 0.380 e. The normalized spacial score (nSPS) is 31.8. The molecule has 1 N–H and O–H groups in total. The van der Waals surface area contributed by atoms with Crippen LogP contribution in [0.1, 0.15) is 46.0 Å². The van der Waals surface area contributed by atoms with Crippen LogP contribution in [0.25, 0.3) is 0 Å². The lowest BCUT2D eigenvalue weighted by atomic mass is 9.81. The van der Waals surface area contributed by atoms with Crippen molar-refractivity contribution in [3.63, 3.8) is 0 Å². The molecule has 0 bridgehead atoms. The summed E-state index contributed by atoms with van der Waals surface area (Å²) in [6, 6.07) is 0.507. The second-order valence-electron chi connectivity index (χ2n) is 6.22. The molecule has 0 aliphatic carbocycles. The number of nitrogens with one attached hydrogen (secondary N) is 1. The molecule has 1 spiro atoms. The van der Waals surface area contributed by atoms with Crippen LogP contribution in [0.4, 0.5) is 0 Å². The minimum Gasteiger partial charge on any atom is -0.380 e. The fourth-order valence-corrected chi connectivity index (χ4v) is 4.70. The van der Waals surface area contributed by atoms with E-state index in [1.54, 1.807) is 0 Å². The lowest BCUT2D eigenvalue weighted by molar-refractivity contribution is -0.0895. The maximum Gasteiger partial charge on any atom is 0.0783 e. The van der Waals surface area contributed by atoms with Crippen LogP contribution in [0.3, 0.4) is 0 Å². The Morgan fingerprint density at radius 3 is 3.00 bits per heavy atom. The van der Waals surface area contributed by atoms with Gasteiger partial charge in [0, 0.05) is 25.0 Å². The van der Waals surface area contributed by atoms with Gasteiger partial charge in [-0.25, -0.2) is 0 Å². The van der Waals surface area contributed by atoms with Crippen molar-refractivity contribution >= 4 is 11.8 Å². The van der Waals surface area contributed by atoms with Crippen LogP contribution in [0.5, 0.6) is 0 Å². The molecule has 0 radical (unpaired) electrons. The Balaban J connectivity index is 1.88. The van der Waals surface area contributed by atoms with E-state index in [1.807, 2.05) is 0 Å². The van der Waals surface area contributed by atoms with Crippen LogP contribution in [-0.4, -0.2) is 49.5 Å². The van der Waals surface area contributed by atoms with Gasteiger partial charge in [-0.1, -0.05) is 13.8 Å². The predicted octanol–water partition coefficient (Wildman–Crippen LogP) is 3.08. The molecule has 3 unspecified atom stereocenters. The molecule has 2 heterocycles. The van der Waals surface area contributed by atoms with Gasteiger partial charge >= 0.3 is 0 Å². The van der Waals surface area contributed by atoms with Gasteiger partial charge in [0.2, 0.25) is 0 Å². The van der Waals surface area contributed by atoms with E-state index >= 15 is 0 Å². The van der Waals surface area contributed by atoms with Crippen LogP contribution >= 0.6 is 11.8 Å². The lowest BCUT2D eigenvalue weighted by Crippen LogP contribution is -2.49. The minimum absolute atomic E-state index is 0.185. The first-order chi connectivity index (χ1) is 9.79. The Bertz CT molecular complexity index is 269. The quantitative estimate of drug-likeness (QED) is 0.698. The molecule has 20 heavy (non-hydrogen) atoms. The molecule has 3 nitrogen and oxygen atoms in total. The van der Waals surface area contributed by atoms with Crippen molar-refractivity contribution in [3.05, 3.63) is 0 Å². The Morgan fingerprint density at radius 1 is 1.40 bits per heavy atom. The molecule has 0 aromatic rings. The van der Waals surface area contributed by atoms with E-state index in [4.69, 9.17) is 9.47 Å². The van der Waals surface area contributed by atoms with E-state index in [1.165, 1.54) is 37.2 Å². The van der Waals surface area contributed by atoms with Gasteiger partial charge in [-0.15, -0.1) is 0 Å². The number of hydrogen-bond donors (Lipinski definition) is 1. The maximum absolute atomic E-state index is 6.15. The topological polar surface area (TPSA) is 30.5 Å². The van der Waals surface area contributed by atoms with Gasteiger partial charge in [0.05, 0.1) is 12.2 Å². The third-order valence-electron chi connectivity index (χ3n) is 4.47. The molecule has 2 fully saturated rings. The number of thioether (sulfide) groups is 1. The summed E-state index contributed by atoms with van der Waals surface area (Å²) in [6.07, 6.45) is 5.94. The zero-order valence-electron chi connectivity index (χ0n) is 13.2. The molecule has 4 heteroatoms. The molecule has 3 atom stereocenters. The standard InChI is InChI=1S/C16H31NO2S/c1-3-7-17-15(12-18-8-4-2)14-5-9-19-16(11-14)6-10-20-13-16/h14-15,17H,3-13H2,1-2H3. The molecule has 2 aliphatic rings. The average molecular weight is 301 g/mol. The zero-order valence-corrected chi connectivity index (χ0v) is 14.0. The Kier molecular flexibility index (Phi) is 7.15. The third kappa shape index (κ3) is 4.62. The second-order valence-corrected chi connectivity index (χ2v) is 7.33. The summed E-state index contributed by atoms with van der Waals surface area (Å²) >= 11 is 2.06. The Labute approximate surface area is 128 Å². The van der Waals surface area contributed by atoms with Gasteiger partial charge in [-0.05, 0) is 50.3 Å². The zero-order chi connectivity index (χ0) is 14.3. The molecule has 118 valence electrons. The highest BCUT2D eigenvalue weighted by atomic mass is 32.2. The molecule has 0 aromatic carbocycles. The Morgan fingerprint density at radius 2 is 2.30 bits per heavy atom. The van der Waals surface area contributed by atoms with Gasteiger partial charge in [0.1, 0.15) is 0 Å². The Hall–Kier alpha value is 0.230. The van der Waals surface area contributed by atoms with Crippen molar-refractivity contribution in [1.82, 2.24) is 5.32 Å². The van der Waals surface area contributed by atoms with Crippen molar-refractivity contribution in [1.29, 1.82) is 0 Å². The summed E-state index contributed by atoms with van der Waals surface area (Å²) < 4.78 is 12.0. The summed E-state index contributed by atoms with van der Waals surface area (Å²) in [7, 11) is 0. The van der Waals surface area contributed by atoms with Crippen molar-refractivity contribution in [3.8, 4) is 0 Å². The van der Waals surface area contributed by atoms with Crippen LogP contribution in [-0.2, 0) is 9.47 Å². The molecule has 0 aromatic heterocycles. The maximum atomic E-state index is 6.15. The van der Waals surface area contributed by atoms with E-state index in [2.05, 4.69) is 30.9 Å². The van der Waals surface area contributed by atoms with Gasteiger partial charge in [-0.2, -0.15) is 11.8 Å². The van der Waals surface area contributed by atoms with Gasteiger partial charge < -0.3 is 14.8 Å². The first-order valence-electron chi connectivity index (χ1n) is 8.32. The molecule has 0 saturated carbocycles. The number of rotatable bonds is 8. The van der Waals surface area contributed by atoms with Crippen LogP contribution in [0.15, 0.2) is 0 Å². The number of ether oxygens (including phenoxy) is 2. The lowest BCUT2D eigenvalue weighted by Gasteiger charge is -2.41. The molecular weight excluding hydrogens is 270 g/mol. The van der Waals surface area contributed by atoms with Crippen molar-refractivity contribution in [2.24, 2.45) is 5.92 Å². The van der Waals surface area contributed by atoms with Gasteiger partial charge in [0.25, 0.3) is 0 Å². The van der Waals surface area contributed by atoms with E-state index in [-0.39, 0.29) is 5.60 Å². The monoisotopic (exact) mass is 301 g/mol. The van der Waals surface area contributed by atoms with Crippen molar-refractivity contribution in [2.45, 2.75) is 57.6 Å².